The topological polar surface area (TPSA) is 54.0 Å². The van der Waals surface area contributed by atoms with Gasteiger partial charge < -0.3 is 18.5 Å². The van der Waals surface area contributed by atoms with Crippen LogP contribution in [0, 0.1) is 7.14 Å². The second kappa shape index (κ2) is 12.0. The average molecular weight is 658 g/mol. The Morgan fingerprint density at radius 3 is 2.10 bits per heavy atom. The third kappa shape index (κ3) is 7.08. The number of halogens is 2. The van der Waals surface area contributed by atoms with Gasteiger partial charge in [-0.25, -0.2) is 0 Å². The summed E-state index contributed by atoms with van der Waals surface area (Å²) in [6.07, 6.45) is 0.973. The van der Waals surface area contributed by atoms with Crippen LogP contribution in [0.4, 0.5) is 0 Å². The van der Waals surface area contributed by atoms with Crippen molar-refractivity contribution in [3.05, 3.63) is 48.6 Å². The molecular formula is C22H29I2O5P. The largest absolute Gasteiger partial charge is 0.496 e. The molecule has 5 nitrogen and oxygen atoms in total. The van der Waals surface area contributed by atoms with Crippen molar-refractivity contribution < 1.29 is 23.1 Å². The van der Waals surface area contributed by atoms with Crippen LogP contribution in [0.3, 0.4) is 0 Å². The van der Waals surface area contributed by atoms with E-state index in [1.54, 1.807) is 7.11 Å². The Morgan fingerprint density at radius 2 is 1.60 bits per heavy atom. The molecule has 0 N–H and O–H groups in total. The van der Waals surface area contributed by atoms with Gasteiger partial charge in [0.2, 0.25) is 0 Å². The number of hydrogen-bond acceptors (Lipinski definition) is 5. The fourth-order valence-electron chi connectivity index (χ4n) is 3.02. The lowest BCUT2D eigenvalue weighted by atomic mass is 10.0. The molecule has 0 radical (unpaired) electrons. The van der Waals surface area contributed by atoms with Gasteiger partial charge in [-0.1, -0.05) is 13.8 Å². The summed E-state index contributed by atoms with van der Waals surface area (Å²) < 4.78 is 37.2. The Hall–Kier alpha value is -0.350. The molecule has 30 heavy (non-hydrogen) atoms. The molecule has 0 atom stereocenters. The van der Waals surface area contributed by atoms with Crippen molar-refractivity contribution in [3.63, 3.8) is 0 Å². The first-order valence-corrected chi connectivity index (χ1v) is 13.8. The standard InChI is InChI=1S/C22H29I2O5P/c1-6-27-30(25,28-7-2)11-10-16-12-19(23)22(20(24)13-16)29-17-8-9-21(26-5)18(14-17)15(3)4/h8-9,12-15H,6-7,10-11H2,1-5H3. The number of rotatable bonds is 11. The second-order valence-electron chi connectivity index (χ2n) is 6.97. The summed E-state index contributed by atoms with van der Waals surface area (Å²) in [4.78, 5) is 0. The molecule has 2 rings (SSSR count). The van der Waals surface area contributed by atoms with Crippen LogP contribution in [0.25, 0.3) is 0 Å². The second-order valence-corrected chi connectivity index (χ2v) is 11.5. The lowest BCUT2D eigenvalue weighted by Crippen LogP contribution is -2.03. The highest BCUT2D eigenvalue weighted by Gasteiger charge is 2.23. The van der Waals surface area contributed by atoms with Gasteiger partial charge in [0.05, 0.1) is 33.6 Å². The maximum absolute atomic E-state index is 12.7. The number of hydrogen-bond donors (Lipinski definition) is 0. The van der Waals surface area contributed by atoms with Crippen molar-refractivity contribution in [1.82, 2.24) is 0 Å². The van der Waals surface area contributed by atoms with Gasteiger partial charge in [0.1, 0.15) is 11.5 Å². The Morgan fingerprint density at radius 1 is 1.00 bits per heavy atom. The van der Waals surface area contributed by atoms with Crippen molar-refractivity contribution in [3.8, 4) is 17.2 Å². The number of benzene rings is 2. The van der Waals surface area contributed by atoms with Crippen LogP contribution < -0.4 is 9.47 Å². The van der Waals surface area contributed by atoms with E-state index in [1.165, 1.54) is 0 Å². The van der Waals surface area contributed by atoms with Gasteiger partial charge in [0.15, 0.2) is 5.75 Å². The van der Waals surface area contributed by atoms with Crippen LogP contribution in [0.2, 0.25) is 0 Å². The Bertz CT molecular complexity index is 868. The molecule has 0 aliphatic heterocycles. The molecule has 0 aliphatic carbocycles. The van der Waals surface area contributed by atoms with Crippen molar-refractivity contribution in [2.75, 3.05) is 26.5 Å². The van der Waals surface area contributed by atoms with Crippen LogP contribution in [0.1, 0.15) is 44.7 Å². The molecule has 2 aromatic carbocycles. The van der Waals surface area contributed by atoms with Crippen LogP contribution in [-0.4, -0.2) is 26.5 Å². The third-order valence-corrected chi connectivity index (χ3v) is 8.10. The van der Waals surface area contributed by atoms with E-state index in [1.807, 2.05) is 32.0 Å². The van der Waals surface area contributed by atoms with E-state index < -0.39 is 7.60 Å². The van der Waals surface area contributed by atoms with Crippen LogP contribution >= 0.6 is 52.8 Å². The first kappa shape index (κ1) is 25.9. The molecule has 0 amide bonds. The predicted octanol–water partition coefficient (Wildman–Crippen LogP) is 7.63. The molecule has 0 unspecified atom stereocenters. The zero-order valence-corrected chi connectivity index (χ0v) is 23.2. The molecular weight excluding hydrogens is 629 g/mol. The highest BCUT2D eigenvalue weighted by molar-refractivity contribution is 14.1. The number of methoxy groups -OCH3 is 1. The zero-order chi connectivity index (χ0) is 22.3. The van der Waals surface area contributed by atoms with E-state index >= 15 is 0 Å². The minimum absolute atomic E-state index is 0.329. The van der Waals surface area contributed by atoms with Gasteiger partial charge in [-0.15, -0.1) is 0 Å². The molecule has 0 saturated carbocycles. The molecule has 0 aliphatic rings. The van der Waals surface area contributed by atoms with E-state index in [2.05, 4.69) is 71.2 Å². The predicted molar refractivity (Wildman–Crippen MR) is 138 cm³/mol. The van der Waals surface area contributed by atoms with E-state index in [-0.39, 0.29) is 0 Å². The van der Waals surface area contributed by atoms with Gasteiger partial charge >= 0.3 is 7.60 Å². The first-order chi connectivity index (χ1) is 14.2. The summed E-state index contributed by atoms with van der Waals surface area (Å²) in [5.74, 6) is 2.79. The van der Waals surface area contributed by atoms with Gasteiger partial charge in [0, 0.05) is 5.56 Å². The third-order valence-electron chi connectivity index (χ3n) is 4.43. The van der Waals surface area contributed by atoms with Crippen molar-refractivity contribution in [1.29, 1.82) is 0 Å². The summed E-state index contributed by atoms with van der Waals surface area (Å²) in [5.41, 5.74) is 2.19. The monoisotopic (exact) mass is 658 g/mol. The van der Waals surface area contributed by atoms with Gasteiger partial charge in [-0.05, 0) is 107 Å². The summed E-state index contributed by atoms with van der Waals surface area (Å²) >= 11 is 4.56. The van der Waals surface area contributed by atoms with Crippen molar-refractivity contribution >= 4 is 52.8 Å². The Kier molecular flexibility index (Phi) is 10.4. The minimum Gasteiger partial charge on any atom is -0.496 e. The van der Waals surface area contributed by atoms with Gasteiger partial charge in [0.25, 0.3) is 0 Å². The molecule has 0 fully saturated rings. The lowest BCUT2D eigenvalue weighted by molar-refractivity contribution is 0.220. The van der Waals surface area contributed by atoms with Crippen molar-refractivity contribution in [2.45, 2.75) is 40.0 Å². The van der Waals surface area contributed by atoms with E-state index in [0.717, 1.165) is 35.5 Å². The van der Waals surface area contributed by atoms with Crippen LogP contribution in [0.5, 0.6) is 17.2 Å². The summed E-state index contributed by atoms with van der Waals surface area (Å²) in [6.45, 7) is 8.67. The number of aryl methyl sites for hydroxylation is 1. The van der Waals surface area contributed by atoms with Crippen LogP contribution in [0.15, 0.2) is 30.3 Å². The molecule has 8 heteroatoms. The van der Waals surface area contributed by atoms with E-state index in [4.69, 9.17) is 18.5 Å². The number of ether oxygens (including phenoxy) is 2. The molecule has 0 aromatic heterocycles. The molecule has 2 aromatic rings. The maximum Gasteiger partial charge on any atom is 0.330 e. The summed E-state index contributed by atoms with van der Waals surface area (Å²) in [6, 6.07) is 10.0. The highest BCUT2D eigenvalue weighted by atomic mass is 127. The van der Waals surface area contributed by atoms with E-state index in [9.17, 15) is 4.57 Å². The molecule has 0 saturated heterocycles. The maximum atomic E-state index is 12.7. The first-order valence-electron chi connectivity index (χ1n) is 9.94. The average Bonchev–Trinajstić information content (AvgIpc) is 2.69. The van der Waals surface area contributed by atoms with Crippen LogP contribution in [-0.2, 0) is 20.0 Å². The molecule has 0 heterocycles. The Balaban J connectivity index is 2.21. The fraction of sp³-hybridized carbons (Fsp3) is 0.455. The van der Waals surface area contributed by atoms with Crippen molar-refractivity contribution in [2.24, 2.45) is 0 Å². The molecule has 0 spiro atoms. The minimum atomic E-state index is -3.05. The normalized spacial score (nSPS) is 11.7. The van der Waals surface area contributed by atoms with E-state index in [0.29, 0.717) is 31.7 Å². The SMILES string of the molecule is CCOP(=O)(CCc1cc(I)c(Oc2ccc(OC)c(C(C)C)c2)c(I)c1)OCC. The zero-order valence-electron chi connectivity index (χ0n) is 18.0. The fourth-order valence-corrected chi connectivity index (χ4v) is 6.79. The highest BCUT2D eigenvalue weighted by Crippen LogP contribution is 2.48. The summed E-state index contributed by atoms with van der Waals surface area (Å²) in [7, 11) is -1.37. The molecule has 0 bridgehead atoms. The Labute approximate surface area is 207 Å². The molecule has 166 valence electrons. The van der Waals surface area contributed by atoms with Gasteiger partial charge in [-0.2, -0.15) is 0 Å². The lowest BCUT2D eigenvalue weighted by Gasteiger charge is -2.18. The van der Waals surface area contributed by atoms with Gasteiger partial charge in [-0.3, -0.25) is 4.57 Å². The quantitative estimate of drug-likeness (QED) is 0.184. The summed E-state index contributed by atoms with van der Waals surface area (Å²) in [5, 5.41) is 0. The smallest absolute Gasteiger partial charge is 0.330 e.